The average molecular weight is 237 g/mol. The van der Waals surface area contributed by atoms with Crippen molar-refractivity contribution in [3.05, 3.63) is 11.8 Å². The smallest absolute Gasteiger partial charge is 0.316 e. The highest BCUT2D eigenvalue weighted by Gasteiger charge is 2.29. The number of rotatable bonds is 5. The van der Waals surface area contributed by atoms with E-state index in [9.17, 15) is 4.79 Å². The maximum atomic E-state index is 11.6. The fourth-order valence-electron chi connectivity index (χ4n) is 1.45. The molecule has 0 aliphatic heterocycles. The van der Waals surface area contributed by atoms with Crippen molar-refractivity contribution >= 4 is 5.97 Å². The summed E-state index contributed by atoms with van der Waals surface area (Å²) in [6, 6.07) is 1.55. The van der Waals surface area contributed by atoms with Crippen LogP contribution in [0.1, 0.15) is 25.5 Å². The molecule has 1 atom stereocenters. The van der Waals surface area contributed by atoms with Crippen LogP contribution >= 0.6 is 0 Å². The number of carbonyl (C=O) groups excluding carboxylic acids is 1. The van der Waals surface area contributed by atoms with Crippen LogP contribution < -0.4 is 4.74 Å². The zero-order valence-corrected chi connectivity index (χ0v) is 10.1. The van der Waals surface area contributed by atoms with Crippen molar-refractivity contribution in [2.75, 3.05) is 13.7 Å². The van der Waals surface area contributed by atoms with Gasteiger partial charge in [-0.2, -0.15) is 0 Å². The second-order valence-corrected chi connectivity index (χ2v) is 3.81. The Hall–Kier alpha value is -1.96. The minimum atomic E-state index is -0.490. The molecule has 0 saturated heterocycles. The number of aromatic nitrogens is 1. The van der Waals surface area contributed by atoms with Crippen LogP contribution in [0.5, 0.6) is 5.88 Å². The summed E-state index contributed by atoms with van der Waals surface area (Å²) in [7, 11) is 1.34. The largest absolute Gasteiger partial charge is 0.468 e. The van der Waals surface area contributed by atoms with Crippen LogP contribution in [0.4, 0.5) is 0 Å². The molecule has 17 heavy (non-hydrogen) atoms. The lowest BCUT2D eigenvalue weighted by atomic mass is 9.93. The summed E-state index contributed by atoms with van der Waals surface area (Å²) in [6.07, 6.45) is 5.05. The summed E-state index contributed by atoms with van der Waals surface area (Å²) < 4.78 is 14.9. The molecule has 0 amide bonds. The van der Waals surface area contributed by atoms with Crippen molar-refractivity contribution in [3.8, 4) is 18.2 Å². The molecule has 1 unspecified atom stereocenters. The van der Waals surface area contributed by atoms with Crippen LogP contribution in [-0.4, -0.2) is 24.8 Å². The van der Waals surface area contributed by atoms with Crippen molar-refractivity contribution in [2.24, 2.45) is 5.92 Å². The van der Waals surface area contributed by atoms with E-state index in [1.165, 1.54) is 7.11 Å². The van der Waals surface area contributed by atoms with Gasteiger partial charge >= 0.3 is 5.97 Å². The summed E-state index contributed by atoms with van der Waals surface area (Å²) >= 11 is 0. The Morgan fingerprint density at radius 2 is 2.35 bits per heavy atom. The van der Waals surface area contributed by atoms with Crippen molar-refractivity contribution in [1.82, 2.24) is 5.16 Å². The molecule has 0 bridgehead atoms. The molecular formula is C12H15NO4. The third kappa shape index (κ3) is 3.25. The molecule has 0 aromatic carbocycles. The molecule has 0 aliphatic rings. The van der Waals surface area contributed by atoms with Crippen LogP contribution in [0.2, 0.25) is 0 Å². The van der Waals surface area contributed by atoms with E-state index in [-0.39, 0.29) is 24.4 Å². The minimum Gasteiger partial charge on any atom is -0.468 e. The van der Waals surface area contributed by atoms with E-state index in [4.69, 9.17) is 20.4 Å². The number of carbonyl (C=O) groups is 1. The summed E-state index contributed by atoms with van der Waals surface area (Å²) in [4.78, 5) is 11.6. The zero-order valence-electron chi connectivity index (χ0n) is 10.1. The van der Waals surface area contributed by atoms with Gasteiger partial charge in [0.2, 0.25) is 0 Å². The molecular weight excluding hydrogens is 222 g/mol. The Labute approximate surface area is 100 Å². The normalized spacial score (nSPS) is 11.9. The molecule has 0 saturated carbocycles. The van der Waals surface area contributed by atoms with Gasteiger partial charge in [-0.1, -0.05) is 19.8 Å². The van der Waals surface area contributed by atoms with Crippen molar-refractivity contribution < 1.29 is 18.8 Å². The third-order valence-electron chi connectivity index (χ3n) is 2.24. The Kier molecular flexibility index (Phi) is 4.58. The molecule has 5 nitrogen and oxygen atoms in total. The molecule has 0 aliphatic carbocycles. The monoisotopic (exact) mass is 237 g/mol. The standard InChI is InChI=1S/C12H15NO4/c1-5-6-16-10-7-9(17-13-10)11(8(2)3)12(14)15-4/h1,7-8,11H,6H2,2-4H3. The molecule has 92 valence electrons. The SMILES string of the molecule is C#CCOc1cc(C(C(=O)OC)C(C)C)on1. The fraction of sp³-hybridized carbons (Fsp3) is 0.500. The predicted octanol–water partition coefficient (Wildman–Crippen LogP) is 1.60. The number of methoxy groups -OCH3 is 1. The molecule has 1 heterocycles. The Bertz CT molecular complexity index is 416. The summed E-state index contributed by atoms with van der Waals surface area (Å²) in [5, 5.41) is 3.67. The van der Waals surface area contributed by atoms with Gasteiger partial charge in [-0.15, -0.1) is 6.42 Å². The van der Waals surface area contributed by atoms with Gasteiger partial charge in [0.1, 0.15) is 5.92 Å². The highest BCUT2D eigenvalue weighted by molar-refractivity contribution is 5.77. The lowest BCUT2D eigenvalue weighted by Gasteiger charge is -2.14. The first-order valence-electron chi connectivity index (χ1n) is 5.20. The van der Waals surface area contributed by atoms with Gasteiger partial charge in [-0.3, -0.25) is 4.79 Å². The average Bonchev–Trinajstić information content (AvgIpc) is 2.74. The molecule has 1 rings (SSSR count). The Balaban J connectivity index is 2.85. The van der Waals surface area contributed by atoms with E-state index in [2.05, 4.69) is 11.1 Å². The van der Waals surface area contributed by atoms with Crippen molar-refractivity contribution in [1.29, 1.82) is 0 Å². The Morgan fingerprint density at radius 3 is 2.88 bits per heavy atom. The summed E-state index contributed by atoms with van der Waals surface area (Å²) in [6.45, 7) is 3.90. The van der Waals surface area contributed by atoms with E-state index in [1.54, 1.807) is 6.07 Å². The summed E-state index contributed by atoms with van der Waals surface area (Å²) in [5.74, 6) is 2.19. The second kappa shape index (κ2) is 5.94. The van der Waals surface area contributed by atoms with Crippen molar-refractivity contribution in [3.63, 3.8) is 0 Å². The van der Waals surface area contributed by atoms with Gasteiger partial charge in [0.25, 0.3) is 5.88 Å². The highest BCUT2D eigenvalue weighted by atomic mass is 16.5. The molecule has 1 aromatic heterocycles. The van der Waals surface area contributed by atoms with E-state index in [0.717, 1.165) is 0 Å². The minimum absolute atomic E-state index is 0.0379. The van der Waals surface area contributed by atoms with Gasteiger partial charge in [-0.25, -0.2) is 0 Å². The zero-order chi connectivity index (χ0) is 12.8. The third-order valence-corrected chi connectivity index (χ3v) is 2.24. The van der Waals surface area contributed by atoms with Crippen LogP contribution in [0.3, 0.4) is 0 Å². The van der Waals surface area contributed by atoms with Gasteiger partial charge in [0.05, 0.1) is 7.11 Å². The lowest BCUT2D eigenvalue weighted by molar-refractivity contribution is -0.144. The van der Waals surface area contributed by atoms with Gasteiger partial charge in [-0.05, 0) is 11.1 Å². The Morgan fingerprint density at radius 1 is 1.65 bits per heavy atom. The van der Waals surface area contributed by atoms with Gasteiger partial charge in [0.15, 0.2) is 12.4 Å². The molecule has 0 radical (unpaired) electrons. The van der Waals surface area contributed by atoms with Gasteiger partial charge in [0, 0.05) is 6.07 Å². The first kappa shape index (κ1) is 13.1. The fourth-order valence-corrected chi connectivity index (χ4v) is 1.45. The number of ether oxygens (including phenoxy) is 2. The molecule has 1 aromatic rings. The number of nitrogens with zero attached hydrogens (tertiary/aromatic N) is 1. The van der Waals surface area contributed by atoms with E-state index in [1.807, 2.05) is 13.8 Å². The highest BCUT2D eigenvalue weighted by Crippen LogP contribution is 2.28. The lowest BCUT2D eigenvalue weighted by Crippen LogP contribution is -2.19. The predicted molar refractivity (Wildman–Crippen MR) is 60.4 cm³/mol. The number of esters is 1. The number of hydrogen-bond donors (Lipinski definition) is 0. The van der Waals surface area contributed by atoms with E-state index in [0.29, 0.717) is 5.76 Å². The maximum Gasteiger partial charge on any atom is 0.316 e. The maximum absolute atomic E-state index is 11.6. The topological polar surface area (TPSA) is 61.6 Å². The van der Waals surface area contributed by atoms with E-state index < -0.39 is 5.92 Å². The van der Waals surface area contributed by atoms with Crippen LogP contribution in [0, 0.1) is 18.3 Å². The first-order chi connectivity index (χ1) is 8.10. The first-order valence-corrected chi connectivity index (χ1v) is 5.20. The van der Waals surface area contributed by atoms with Crippen LogP contribution in [0.25, 0.3) is 0 Å². The van der Waals surface area contributed by atoms with Crippen molar-refractivity contribution in [2.45, 2.75) is 19.8 Å². The van der Waals surface area contributed by atoms with Crippen LogP contribution in [-0.2, 0) is 9.53 Å². The molecule has 0 N–H and O–H groups in total. The van der Waals surface area contributed by atoms with Crippen LogP contribution in [0.15, 0.2) is 10.6 Å². The molecule has 5 heteroatoms. The molecule has 0 fully saturated rings. The molecule has 0 spiro atoms. The van der Waals surface area contributed by atoms with Gasteiger partial charge < -0.3 is 14.0 Å². The second-order valence-electron chi connectivity index (χ2n) is 3.81. The summed E-state index contributed by atoms with van der Waals surface area (Å²) in [5.41, 5.74) is 0. The quantitative estimate of drug-likeness (QED) is 0.575. The number of hydrogen-bond acceptors (Lipinski definition) is 5. The van der Waals surface area contributed by atoms with E-state index >= 15 is 0 Å². The number of terminal acetylenes is 1.